The molecule has 0 saturated carbocycles. The summed E-state index contributed by atoms with van der Waals surface area (Å²) in [5.74, 6) is -0.0993. The maximum absolute atomic E-state index is 11.9. The summed E-state index contributed by atoms with van der Waals surface area (Å²) in [5.41, 5.74) is 7.85. The Kier molecular flexibility index (Phi) is 3.20. The lowest BCUT2D eigenvalue weighted by molar-refractivity contribution is 0.0987. The Morgan fingerprint density at radius 1 is 1.47 bits per heavy atom. The number of nitrogens with two attached hydrogens (primary N) is 1. The molecule has 0 saturated heterocycles. The first-order chi connectivity index (χ1) is 8.22. The number of anilines is 1. The van der Waals surface area contributed by atoms with E-state index in [0.29, 0.717) is 17.8 Å². The Hall–Kier alpha value is -2.14. The molecule has 17 heavy (non-hydrogen) atoms. The minimum absolute atomic E-state index is 0.219. The lowest BCUT2D eigenvalue weighted by Crippen LogP contribution is -2.14. The number of aryl methyl sites for hydroxylation is 1. The van der Waals surface area contributed by atoms with E-state index in [2.05, 4.69) is 10.5 Å². The van der Waals surface area contributed by atoms with E-state index in [0.717, 1.165) is 5.56 Å². The molecule has 0 unspecified atom stereocenters. The highest BCUT2D eigenvalue weighted by Gasteiger charge is 2.15. The number of aromatic nitrogens is 1. The summed E-state index contributed by atoms with van der Waals surface area (Å²) < 4.78 is 4.88. The van der Waals surface area contributed by atoms with Crippen molar-refractivity contribution in [1.82, 2.24) is 5.16 Å². The normalized spacial score (nSPS) is 10.2. The van der Waals surface area contributed by atoms with Crippen LogP contribution in [-0.2, 0) is 6.54 Å². The molecule has 1 aromatic heterocycles. The second-order valence-corrected chi connectivity index (χ2v) is 3.65. The third kappa shape index (κ3) is 2.34. The van der Waals surface area contributed by atoms with Gasteiger partial charge in [-0.05, 0) is 18.6 Å². The molecule has 2 rings (SSSR count). The molecule has 1 amide bonds. The number of para-hydroxylation sites is 1. The van der Waals surface area contributed by atoms with Crippen molar-refractivity contribution in [2.75, 3.05) is 5.32 Å². The number of nitrogens with zero attached hydrogens (tertiary/aromatic N) is 1. The van der Waals surface area contributed by atoms with E-state index in [1.165, 1.54) is 6.20 Å². The maximum Gasteiger partial charge on any atom is 0.294 e. The second-order valence-electron chi connectivity index (χ2n) is 3.65. The average molecular weight is 231 g/mol. The van der Waals surface area contributed by atoms with Crippen molar-refractivity contribution in [2.24, 2.45) is 5.73 Å². The molecule has 0 radical (unpaired) electrons. The summed E-state index contributed by atoms with van der Waals surface area (Å²) in [6.07, 6.45) is 1.50. The van der Waals surface area contributed by atoms with E-state index in [-0.39, 0.29) is 11.7 Å². The van der Waals surface area contributed by atoms with Gasteiger partial charge in [0.05, 0.1) is 6.20 Å². The first-order valence-electron chi connectivity index (χ1n) is 5.23. The van der Waals surface area contributed by atoms with Crippen LogP contribution in [0, 0.1) is 6.92 Å². The molecule has 0 spiro atoms. The highest BCUT2D eigenvalue weighted by Crippen LogP contribution is 2.16. The zero-order chi connectivity index (χ0) is 12.3. The van der Waals surface area contributed by atoms with Crippen LogP contribution in [0.3, 0.4) is 0 Å². The Bertz CT molecular complexity index is 534. The predicted molar refractivity (Wildman–Crippen MR) is 63.5 cm³/mol. The topological polar surface area (TPSA) is 81.2 Å². The van der Waals surface area contributed by atoms with Gasteiger partial charge in [0.1, 0.15) is 0 Å². The highest BCUT2D eigenvalue weighted by atomic mass is 16.5. The van der Waals surface area contributed by atoms with Gasteiger partial charge in [0.25, 0.3) is 5.91 Å². The van der Waals surface area contributed by atoms with E-state index in [1.807, 2.05) is 18.2 Å². The molecule has 0 fully saturated rings. The molecule has 0 aliphatic rings. The van der Waals surface area contributed by atoms with Crippen LogP contribution in [-0.4, -0.2) is 11.1 Å². The van der Waals surface area contributed by atoms with Crippen LogP contribution in [0.15, 0.2) is 35.0 Å². The van der Waals surface area contributed by atoms with Crippen LogP contribution < -0.4 is 11.1 Å². The van der Waals surface area contributed by atoms with Gasteiger partial charge in [-0.15, -0.1) is 0 Å². The molecule has 5 nitrogen and oxygen atoms in total. The zero-order valence-corrected chi connectivity index (χ0v) is 9.43. The lowest BCUT2D eigenvalue weighted by atomic mass is 10.1. The number of carbonyl (C=O) groups excluding carboxylic acids is 1. The van der Waals surface area contributed by atoms with Gasteiger partial charge in [0.2, 0.25) is 5.76 Å². The molecule has 0 aliphatic heterocycles. The number of amides is 1. The van der Waals surface area contributed by atoms with E-state index >= 15 is 0 Å². The van der Waals surface area contributed by atoms with Gasteiger partial charge in [-0.1, -0.05) is 23.4 Å². The van der Waals surface area contributed by atoms with E-state index in [4.69, 9.17) is 10.3 Å². The van der Waals surface area contributed by atoms with E-state index in [9.17, 15) is 4.79 Å². The predicted octanol–water partition coefficient (Wildman–Crippen LogP) is 1.69. The summed E-state index contributed by atoms with van der Waals surface area (Å²) in [5, 5.41) is 6.32. The minimum atomic E-state index is -0.319. The molecule has 2 aromatic rings. The van der Waals surface area contributed by atoms with Crippen LogP contribution in [0.1, 0.15) is 21.7 Å². The van der Waals surface area contributed by atoms with Crippen LogP contribution in [0.5, 0.6) is 0 Å². The van der Waals surface area contributed by atoms with Gasteiger partial charge in [0.15, 0.2) is 0 Å². The van der Waals surface area contributed by atoms with Gasteiger partial charge < -0.3 is 15.6 Å². The van der Waals surface area contributed by atoms with Crippen molar-refractivity contribution in [3.05, 3.63) is 47.3 Å². The van der Waals surface area contributed by atoms with Crippen molar-refractivity contribution in [3.8, 4) is 0 Å². The maximum atomic E-state index is 11.9. The summed E-state index contributed by atoms with van der Waals surface area (Å²) in [6.45, 7) is 2.13. The van der Waals surface area contributed by atoms with E-state index in [1.54, 1.807) is 13.0 Å². The number of benzene rings is 1. The standard InChI is InChI=1S/C12H13N3O2/c1-8-7-14-17-11(8)12(16)15-10-5-3-2-4-9(10)6-13/h2-5,7H,6,13H2,1H3,(H,15,16). The third-order valence-electron chi connectivity index (χ3n) is 2.44. The van der Waals surface area contributed by atoms with Crippen LogP contribution in [0.25, 0.3) is 0 Å². The molecule has 88 valence electrons. The summed E-state index contributed by atoms with van der Waals surface area (Å²) in [6, 6.07) is 7.37. The van der Waals surface area contributed by atoms with Gasteiger partial charge in [-0.2, -0.15) is 0 Å². The fourth-order valence-corrected chi connectivity index (χ4v) is 1.51. The van der Waals surface area contributed by atoms with E-state index < -0.39 is 0 Å². The largest absolute Gasteiger partial charge is 0.351 e. The van der Waals surface area contributed by atoms with Gasteiger partial charge in [0, 0.05) is 17.8 Å². The lowest BCUT2D eigenvalue weighted by Gasteiger charge is -2.08. The minimum Gasteiger partial charge on any atom is -0.351 e. The van der Waals surface area contributed by atoms with Crippen LogP contribution in [0.4, 0.5) is 5.69 Å². The molecule has 0 aliphatic carbocycles. The molecule has 1 aromatic carbocycles. The number of rotatable bonds is 3. The van der Waals surface area contributed by atoms with Crippen molar-refractivity contribution >= 4 is 11.6 Å². The zero-order valence-electron chi connectivity index (χ0n) is 9.43. The molecule has 5 heteroatoms. The fraction of sp³-hybridized carbons (Fsp3) is 0.167. The first-order valence-corrected chi connectivity index (χ1v) is 5.23. The van der Waals surface area contributed by atoms with Crippen molar-refractivity contribution in [2.45, 2.75) is 13.5 Å². The first kappa shape index (κ1) is 11.3. The molecular formula is C12H13N3O2. The van der Waals surface area contributed by atoms with Gasteiger partial charge in [-0.3, -0.25) is 4.79 Å². The molecule has 3 N–H and O–H groups in total. The molecular weight excluding hydrogens is 218 g/mol. The molecule has 1 heterocycles. The number of carbonyl (C=O) groups is 1. The fourth-order valence-electron chi connectivity index (χ4n) is 1.51. The Labute approximate surface area is 98.6 Å². The van der Waals surface area contributed by atoms with Gasteiger partial charge in [-0.25, -0.2) is 0 Å². The second kappa shape index (κ2) is 4.80. The van der Waals surface area contributed by atoms with Crippen LogP contribution >= 0.6 is 0 Å². The SMILES string of the molecule is Cc1cnoc1C(=O)Nc1ccccc1CN. The average Bonchev–Trinajstić information content (AvgIpc) is 2.76. The van der Waals surface area contributed by atoms with Crippen molar-refractivity contribution < 1.29 is 9.32 Å². The summed E-state index contributed by atoms with van der Waals surface area (Å²) >= 11 is 0. The summed E-state index contributed by atoms with van der Waals surface area (Å²) in [4.78, 5) is 11.9. The third-order valence-corrected chi connectivity index (χ3v) is 2.44. The molecule has 0 bridgehead atoms. The highest BCUT2D eigenvalue weighted by molar-refractivity contribution is 6.03. The number of nitrogens with one attached hydrogen (secondary N) is 1. The Balaban J connectivity index is 2.22. The molecule has 0 atom stereocenters. The van der Waals surface area contributed by atoms with Gasteiger partial charge >= 0.3 is 0 Å². The van der Waals surface area contributed by atoms with Crippen molar-refractivity contribution in [3.63, 3.8) is 0 Å². The van der Waals surface area contributed by atoms with Crippen molar-refractivity contribution in [1.29, 1.82) is 0 Å². The van der Waals surface area contributed by atoms with Crippen LogP contribution in [0.2, 0.25) is 0 Å². The summed E-state index contributed by atoms with van der Waals surface area (Å²) in [7, 11) is 0. The quantitative estimate of drug-likeness (QED) is 0.842. The number of hydrogen-bond donors (Lipinski definition) is 2. The smallest absolute Gasteiger partial charge is 0.294 e. The Morgan fingerprint density at radius 2 is 2.24 bits per heavy atom. The monoisotopic (exact) mass is 231 g/mol. The number of hydrogen-bond acceptors (Lipinski definition) is 4. The Morgan fingerprint density at radius 3 is 2.88 bits per heavy atom.